The summed E-state index contributed by atoms with van der Waals surface area (Å²) in [6.07, 6.45) is 7.08. The predicted molar refractivity (Wildman–Crippen MR) is 110 cm³/mol. The van der Waals surface area contributed by atoms with E-state index in [4.69, 9.17) is 4.52 Å². The van der Waals surface area contributed by atoms with E-state index >= 15 is 0 Å². The van der Waals surface area contributed by atoms with E-state index in [-0.39, 0.29) is 5.91 Å². The van der Waals surface area contributed by atoms with Crippen molar-refractivity contribution in [2.45, 2.75) is 65.0 Å². The molecule has 150 valence electrons. The zero-order valence-corrected chi connectivity index (χ0v) is 17.1. The first kappa shape index (κ1) is 19.2. The van der Waals surface area contributed by atoms with Crippen molar-refractivity contribution in [2.75, 3.05) is 18.0 Å². The Balaban J connectivity index is 1.62. The number of hydrogen-bond donors (Lipinski definition) is 0. The molecule has 1 aromatic carbocycles. The molecular weight excluding hydrogens is 350 g/mol. The van der Waals surface area contributed by atoms with E-state index in [2.05, 4.69) is 23.9 Å². The molecule has 28 heavy (non-hydrogen) atoms. The number of aromatic nitrogens is 1. The lowest BCUT2D eigenvalue weighted by Gasteiger charge is -2.31. The van der Waals surface area contributed by atoms with Crippen molar-refractivity contribution in [3.63, 3.8) is 0 Å². The van der Waals surface area contributed by atoms with Crippen LogP contribution in [-0.4, -0.2) is 35.1 Å². The highest BCUT2D eigenvalue weighted by molar-refractivity contribution is 6.05. The Bertz CT molecular complexity index is 793. The molecule has 0 atom stereocenters. The van der Waals surface area contributed by atoms with Crippen LogP contribution in [0.2, 0.25) is 0 Å². The van der Waals surface area contributed by atoms with Crippen LogP contribution in [0.3, 0.4) is 0 Å². The molecule has 1 amide bonds. The molecule has 1 aliphatic heterocycles. The molecule has 2 aliphatic rings. The van der Waals surface area contributed by atoms with Gasteiger partial charge in [-0.15, -0.1) is 0 Å². The van der Waals surface area contributed by atoms with Gasteiger partial charge in [-0.25, -0.2) is 0 Å². The van der Waals surface area contributed by atoms with Crippen molar-refractivity contribution in [2.24, 2.45) is 5.92 Å². The van der Waals surface area contributed by atoms with E-state index in [0.717, 1.165) is 43.1 Å². The van der Waals surface area contributed by atoms with Gasteiger partial charge >= 0.3 is 0 Å². The molecule has 0 saturated heterocycles. The van der Waals surface area contributed by atoms with Crippen LogP contribution in [0.5, 0.6) is 0 Å². The zero-order chi connectivity index (χ0) is 19.5. The Morgan fingerprint density at radius 2 is 1.96 bits per heavy atom. The topological polar surface area (TPSA) is 49.6 Å². The summed E-state index contributed by atoms with van der Waals surface area (Å²) >= 11 is 0. The minimum absolute atomic E-state index is 0.0209. The first-order valence-electron chi connectivity index (χ1n) is 10.7. The maximum atomic E-state index is 13.6. The number of carbonyl (C=O) groups is 1. The monoisotopic (exact) mass is 381 g/mol. The average molecular weight is 382 g/mol. The van der Waals surface area contributed by atoms with Crippen molar-refractivity contribution in [1.82, 2.24) is 10.1 Å². The van der Waals surface area contributed by atoms with Gasteiger partial charge in [-0.1, -0.05) is 42.6 Å². The van der Waals surface area contributed by atoms with Gasteiger partial charge in [0.25, 0.3) is 5.91 Å². The van der Waals surface area contributed by atoms with E-state index < -0.39 is 0 Å². The van der Waals surface area contributed by atoms with Crippen molar-refractivity contribution in [3.05, 3.63) is 47.3 Å². The predicted octanol–water partition coefficient (Wildman–Crippen LogP) is 4.67. The van der Waals surface area contributed by atoms with Gasteiger partial charge in [0.15, 0.2) is 5.69 Å². The second-order valence-electron chi connectivity index (χ2n) is 8.50. The highest BCUT2D eigenvalue weighted by Crippen LogP contribution is 2.30. The number of fused-ring (bicyclic) bond motifs is 1. The average Bonchev–Trinajstić information content (AvgIpc) is 3.16. The SMILES string of the molecule is CC(C)N1CCc2onc(C(=O)N(CC3CCCCC3)c3ccccc3)c2C1. The van der Waals surface area contributed by atoms with E-state index in [1.165, 1.54) is 32.1 Å². The van der Waals surface area contributed by atoms with Gasteiger partial charge in [0, 0.05) is 43.3 Å². The van der Waals surface area contributed by atoms with Crippen LogP contribution < -0.4 is 4.90 Å². The van der Waals surface area contributed by atoms with Crippen LogP contribution in [0, 0.1) is 5.92 Å². The first-order valence-corrected chi connectivity index (χ1v) is 10.7. The van der Waals surface area contributed by atoms with Crippen molar-refractivity contribution < 1.29 is 9.32 Å². The van der Waals surface area contributed by atoms with Crippen LogP contribution >= 0.6 is 0 Å². The minimum atomic E-state index is -0.0209. The summed E-state index contributed by atoms with van der Waals surface area (Å²) in [4.78, 5) is 17.9. The van der Waals surface area contributed by atoms with Crippen molar-refractivity contribution >= 4 is 11.6 Å². The number of rotatable bonds is 5. The van der Waals surface area contributed by atoms with E-state index in [9.17, 15) is 4.79 Å². The number of para-hydroxylation sites is 1. The maximum absolute atomic E-state index is 13.6. The number of hydrogen-bond acceptors (Lipinski definition) is 4. The zero-order valence-electron chi connectivity index (χ0n) is 17.1. The molecule has 0 radical (unpaired) electrons. The lowest BCUT2D eigenvalue weighted by molar-refractivity contribution is 0.0969. The Hall–Kier alpha value is -2.14. The number of anilines is 1. The summed E-state index contributed by atoms with van der Waals surface area (Å²) < 4.78 is 5.59. The molecule has 0 spiro atoms. The minimum Gasteiger partial charge on any atom is -0.360 e. The Kier molecular flexibility index (Phi) is 5.81. The smallest absolute Gasteiger partial charge is 0.280 e. The Labute approximate surface area is 167 Å². The van der Waals surface area contributed by atoms with Crippen molar-refractivity contribution in [3.8, 4) is 0 Å². The van der Waals surface area contributed by atoms with E-state index in [1.807, 2.05) is 35.2 Å². The molecule has 2 heterocycles. The number of carbonyl (C=O) groups excluding carboxylic acids is 1. The summed E-state index contributed by atoms with van der Waals surface area (Å²) in [6, 6.07) is 10.5. The Morgan fingerprint density at radius 1 is 1.21 bits per heavy atom. The van der Waals surface area contributed by atoms with Crippen molar-refractivity contribution in [1.29, 1.82) is 0 Å². The summed E-state index contributed by atoms with van der Waals surface area (Å²) in [5.41, 5.74) is 2.43. The van der Waals surface area contributed by atoms with Crippen LogP contribution in [-0.2, 0) is 13.0 Å². The fourth-order valence-electron chi connectivity index (χ4n) is 4.51. The third kappa shape index (κ3) is 4.00. The van der Waals surface area contributed by atoms with Crippen LogP contribution in [0.4, 0.5) is 5.69 Å². The summed E-state index contributed by atoms with van der Waals surface area (Å²) in [5.74, 6) is 1.42. The molecule has 0 N–H and O–H groups in total. The van der Waals surface area contributed by atoms with Gasteiger partial charge < -0.3 is 9.42 Å². The highest BCUT2D eigenvalue weighted by Gasteiger charge is 2.32. The van der Waals surface area contributed by atoms with Crippen LogP contribution in [0.25, 0.3) is 0 Å². The number of benzene rings is 1. The molecule has 1 fully saturated rings. The summed E-state index contributed by atoms with van der Waals surface area (Å²) in [5, 5.41) is 4.24. The van der Waals surface area contributed by atoms with E-state index in [1.54, 1.807) is 0 Å². The lowest BCUT2D eigenvalue weighted by atomic mass is 9.88. The largest absolute Gasteiger partial charge is 0.360 e. The lowest BCUT2D eigenvalue weighted by Crippen LogP contribution is -2.39. The third-order valence-electron chi connectivity index (χ3n) is 6.27. The van der Waals surface area contributed by atoms with E-state index in [0.29, 0.717) is 17.7 Å². The molecular formula is C23H31N3O2. The Morgan fingerprint density at radius 3 is 2.68 bits per heavy atom. The third-order valence-corrected chi connectivity index (χ3v) is 6.27. The molecule has 5 nitrogen and oxygen atoms in total. The first-order chi connectivity index (χ1) is 13.6. The fourth-order valence-corrected chi connectivity index (χ4v) is 4.51. The number of amides is 1. The molecule has 2 aromatic rings. The van der Waals surface area contributed by atoms with Gasteiger partial charge in [0.2, 0.25) is 0 Å². The quantitative estimate of drug-likeness (QED) is 0.755. The highest BCUT2D eigenvalue weighted by atomic mass is 16.5. The number of nitrogens with zero attached hydrogens (tertiary/aromatic N) is 3. The maximum Gasteiger partial charge on any atom is 0.280 e. The molecule has 1 aromatic heterocycles. The van der Waals surface area contributed by atoms with Crippen LogP contribution in [0.15, 0.2) is 34.9 Å². The fraction of sp³-hybridized carbons (Fsp3) is 0.565. The molecule has 1 saturated carbocycles. The van der Waals surface area contributed by atoms with Gasteiger partial charge in [-0.05, 0) is 44.7 Å². The molecule has 5 heteroatoms. The second-order valence-corrected chi connectivity index (χ2v) is 8.50. The second kappa shape index (κ2) is 8.48. The summed E-state index contributed by atoms with van der Waals surface area (Å²) in [6.45, 7) is 6.85. The standard InChI is InChI=1S/C23H31N3O2/c1-17(2)25-14-13-21-20(16-25)22(24-28-21)23(27)26(19-11-7-4-8-12-19)15-18-9-5-3-6-10-18/h4,7-8,11-12,17-18H,3,5-6,9-10,13-16H2,1-2H3. The molecule has 1 aliphatic carbocycles. The van der Waals surface area contributed by atoms with Crippen LogP contribution in [0.1, 0.15) is 67.8 Å². The van der Waals surface area contributed by atoms with Gasteiger partial charge in [0.05, 0.1) is 0 Å². The molecule has 0 unspecified atom stereocenters. The van der Waals surface area contributed by atoms with Gasteiger partial charge in [0.1, 0.15) is 5.76 Å². The molecule has 0 bridgehead atoms. The van der Waals surface area contributed by atoms with Gasteiger partial charge in [-0.2, -0.15) is 0 Å². The van der Waals surface area contributed by atoms with Gasteiger partial charge in [-0.3, -0.25) is 9.69 Å². The molecule has 4 rings (SSSR count). The normalized spacial score (nSPS) is 18.2. The summed E-state index contributed by atoms with van der Waals surface area (Å²) in [7, 11) is 0.